The number of carbonyl (C=O) groups excluding carboxylic acids is 5. The molecule has 0 radical (unpaired) electrons. The van der Waals surface area contributed by atoms with E-state index in [1.54, 1.807) is 60.7 Å². The molecule has 4 aromatic rings. The van der Waals surface area contributed by atoms with Gasteiger partial charge in [-0.1, -0.05) is 60.7 Å². The average molecular weight is 500 g/mol. The second-order valence-electron chi connectivity index (χ2n) is 7.69. The molecule has 2 N–H and O–H groups in total. The number of rotatable bonds is 9. The summed E-state index contributed by atoms with van der Waals surface area (Å²) in [7, 11) is 0. The zero-order valence-corrected chi connectivity index (χ0v) is 19.4. The van der Waals surface area contributed by atoms with E-state index in [0.717, 1.165) is 6.92 Å². The largest absolute Gasteiger partial charge is 0.438 e. The van der Waals surface area contributed by atoms with Crippen LogP contribution in [0.4, 0.5) is 0 Å². The zero-order valence-electron chi connectivity index (χ0n) is 19.4. The van der Waals surface area contributed by atoms with Gasteiger partial charge in [-0.3, -0.25) is 14.4 Å². The highest BCUT2D eigenvalue weighted by Crippen LogP contribution is 2.18. The second kappa shape index (κ2) is 11.0. The van der Waals surface area contributed by atoms with Crippen molar-refractivity contribution in [1.29, 1.82) is 0 Å². The van der Waals surface area contributed by atoms with Crippen LogP contribution in [0.2, 0.25) is 0 Å². The third-order valence-electron chi connectivity index (χ3n) is 5.01. The molecule has 0 bridgehead atoms. The summed E-state index contributed by atoms with van der Waals surface area (Å²) in [5.74, 6) is -4.43. The summed E-state index contributed by atoms with van der Waals surface area (Å²) >= 11 is 0. The maximum absolute atomic E-state index is 12.7. The summed E-state index contributed by atoms with van der Waals surface area (Å²) < 4.78 is 15.0. The number of ether oxygens (including phenoxy) is 3. The van der Waals surface area contributed by atoms with Gasteiger partial charge in [0, 0.05) is 30.2 Å². The molecule has 0 amide bonds. The lowest BCUT2D eigenvalue weighted by atomic mass is 10.1. The summed E-state index contributed by atoms with van der Waals surface area (Å²) in [5, 5.41) is 0. The fraction of sp³-hybridized carbons (Fsp3) is 0.0741. The number of hydrogen-bond acceptors (Lipinski definition) is 8. The molecule has 0 spiro atoms. The monoisotopic (exact) mass is 500 g/mol. The van der Waals surface area contributed by atoms with Gasteiger partial charge < -0.3 is 24.2 Å². The molecule has 186 valence electrons. The average Bonchev–Trinajstić information content (AvgIpc) is 3.57. The van der Waals surface area contributed by atoms with Crippen LogP contribution in [0, 0.1) is 0 Å². The Hall–Kier alpha value is -5.25. The lowest BCUT2D eigenvalue weighted by molar-refractivity contribution is -0.171. The molecule has 4 rings (SSSR count). The predicted molar refractivity (Wildman–Crippen MR) is 128 cm³/mol. The smallest absolute Gasteiger partial charge is 0.366 e. The van der Waals surface area contributed by atoms with E-state index < -0.39 is 24.0 Å². The fourth-order valence-corrected chi connectivity index (χ4v) is 3.31. The normalized spacial score (nSPS) is 10.5. The standard InChI is InChI=1S/C27H20N2O8/c1-16(30)35-25(26(33)36-21-14-12-19(28-21)23(31)17-8-4-2-5-9-17)27(34)37-22-15-13-20(29-22)24(32)18-10-6-3-7-11-18/h2-15,25,28-29H,1H3. The van der Waals surface area contributed by atoms with E-state index in [1.165, 1.54) is 24.3 Å². The van der Waals surface area contributed by atoms with Gasteiger partial charge in [0.25, 0.3) is 6.10 Å². The van der Waals surface area contributed by atoms with Crippen molar-refractivity contribution in [3.8, 4) is 11.8 Å². The summed E-state index contributed by atoms with van der Waals surface area (Å²) in [4.78, 5) is 67.2. The first-order valence-corrected chi connectivity index (χ1v) is 11.0. The highest BCUT2D eigenvalue weighted by molar-refractivity contribution is 6.08. The molecule has 0 atom stereocenters. The molecule has 0 saturated carbocycles. The number of esters is 3. The number of nitrogens with one attached hydrogen (secondary N) is 2. The molecule has 10 heteroatoms. The Bertz CT molecular complexity index is 1350. The Kier molecular flexibility index (Phi) is 7.39. The Morgan fingerprint density at radius 1 is 0.595 bits per heavy atom. The summed E-state index contributed by atoms with van der Waals surface area (Å²) in [5.41, 5.74) is 1.12. The van der Waals surface area contributed by atoms with Gasteiger partial charge in [0.2, 0.25) is 23.3 Å². The van der Waals surface area contributed by atoms with Crippen LogP contribution in [-0.2, 0) is 19.1 Å². The fourth-order valence-electron chi connectivity index (χ4n) is 3.31. The van der Waals surface area contributed by atoms with E-state index >= 15 is 0 Å². The molecular formula is C27H20N2O8. The lowest BCUT2D eigenvalue weighted by Crippen LogP contribution is -2.40. The Morgan fingerprint density at radius 3 is 1.38 bits per heavy atom. The number of hydrogen-bond donors (Lipinski definition) is 2. The first-order chi connectivity index (χ1) is 17.8. The molecule has 2 aromatic carbocycles. The predicted octanol–water partition coefficient (Wildman–Crippen LogP) is 3.25. The maximum atomic E-state index is 12.7. The van der Waals surface area contributed by atoms with Gasteiger partial charge in [0.05, 0.1) is 11.4 Å². The molecule has 0 aliphatic rings. The number of ketones is 2. The number of aromatic nitrogens is 2. The second-order valence-corrected chi connectivity index (χ2v) is 7.69. The van der Waals surface area contributed by atoms with E-state index in [9.17, 15) is 24.0 Å². The molecule has 0 fully saturated rings. The van der Waals surface area contributed by atoms with Crippen LogP contribution < -0.4 is 9.47 Å². The van der Waals surface area contributed by atoms with Crippen LogP contribution in [-0.4, -0.2) is 45.5 Å². The summed E-state index contributed by atoms with van der Waals surface area (Å²) in [6.07, 6.45) is -2.06. The Balaban J connectivity index is 1.44. The van der Waals surface area contributed by atoms with E-state index in [1.807, 2.05) is 0 Å². The van der Waals surface area contributed by atoms with Crippen LogP contribution in [0.5, 0.6) is 11.8 Å². The van der Waals surface area contributed by atoms with E-state index in [-0.39, 0.29) is 34.7 Å². The quantitative estimate of drug-likeness (QED) is 0.202. The minimum Gasteiger partial charge on any atom is -0.438 e. The van der Waals surface area contributed by atoms with Gasteiger partial charge in [0.15, 0.2) is 0 Å². The van der Waals surface area contributed by atoms with Crippen molar-refractivity contribution in [2.24, 2.45) is 0 Å². The van der Waals surface area contributed by atoms with E-state index in [0.29, 0.717) is 11.1 Å². The van der Waals surface area contributed by atoms with Crippen molar-refractivity contribution in [3.05, 3.63) is 107 Å². The molecule has 0 aliphatic carbocycles. The van der Waals surface area contributed by atoms with Crippen molar-refractivity contribution in [2.45, 2.75) is 13.0 Å². The lowest BCUT2D eigenvalue weighted by Gasteiger charge is -2.13. The van der Waals surface area contributed by atoms with Gasteiger partial charge in [-0.2, -0.15) is 0 Å². The van der Waals surface area contributed by atoms with Crippen molar-refractivity contribution in [2.75, 3.05) is 0 Å². The van der Waals surface area contributed by atoms with Crippen molar-refractivity contribution >= 4 is 29.5 Å². The zero-order chi connectivity index (χ0) is 26.4. The highest BCUT2D eigenvalue weighted by Gasteiger charge is 2.35. The minimum atomic E-state index is -2.06. The number of carbonyl (C=O) groups is 5. The van der Waals surface area contributed by atoms with Crippen molar-refractivity contribution < 1.29 is 38.2 Å². The third-order valence-corrected chi connectivity index (χ3v) is 5.01. The molecule has 37 heavy (non-hydrogen) atoms. The van der Waals surface area contributed by atoms with Crippen LogP contribution in [0.1, 0.15) is 39.0 Å². The molecule has 2 heterocycles. The molecule has 0 saturated heterocycles. The molecule has 10 nitrogen and oxygen atoms in total. The van der Waals surface area contributed by atoms with Gasteiger partial charge in [0.1, 0.15) is 0 Å². The Labute approximate surface area is 210 Å². The molecule has 0 unspecified atom stereocenters. The number of benzene rings is 2. The maximum Gasteiger partial charge on any atom is 0.366 e. The van der Waals surface area contributed by atoms with E-state index in [4.69, 9.17) is 14.2 Å². The topological polar surface area (TPSA) is 145 Å². The highest BCUT2D eigenvalue weighted by atomic mass is 16.6. The first-order valence-electron chi connectivity index (χ1n) is 11.0. The molecular weight excluding hydrogens is 480 g/mol. The van der Waals surface area contributed by atoms with Crippen LogP contribution in [0.3, 0.4) is 0 Å². The van der Waals surface area contributed by atoms with Crippen molar-refractivity contribution in [1.82, 2.24) is 9.97 Å². The minimum absolute atomic E-state index is 0.141. The van der Waals surface area contributed by atoms with Crippen LogP contribution in [0.25, 0.3) is 0 Å². The summed E-state index contributed by atoms with van der Waals surface area (Å²) in [6.45, 7) is 1.00. The van der Waals surface area contributed by atoms with Crippen LogP contribution in [0.15, 0.2) is 84.9 Å². The Morgan fingerprint density at radius 2 is 1.00 bits per heavy atom. The molecule has 0 aliphatic heterocycles. The SMILES string of the molecule is CC(=O)OC(C(=O)Oc1ccc(C(=O)c2ccccc2)[nH]1)C(=O)Oc1ccc(C(=O)c2ccccc2)[nH]1. The number of H-pyrrole nitrogens is 2. The van der Waals surface area contributed by atoms with Gasteiger partial charge in [-0.25, -0.2) is 9.59 Å². The third kappa shape index (κ3) is 6.06. The van der Waals surface area contributed by atoms with Crippen LogP contribution >= 0.6 is 0 Å². The van der Waals surface area contributed by atoms with Gasteiger partial charge >= 0.3 is 17.9 Å². The first kappa shape index (κ1) is 24.9. The molecule has 2 aromatic heterocycles. The summed E-state index contributed by atoms with van der Waals surface area (Å²) in [6, 6.07) is 22.3. The van der Waals surface area contributed by atoms with E-state index in [2.05, 4.69) is 9.97 Å². The van der Waals surface area contributed by atoms with Gasteiger partial charge in [-0.15, -0.1) is 0 Å². The number of aromatic amines is 2. The van der Waals surface area contributed by atoms with Crippen molar-refractivity contribution in [3.63, 3.8) is 0 Å². The van der Waals surface area contributed by atoms with Gasteiger partial charge in [-0.05, 0) is 12.1 Å².